The summed E-state index contributed by atoms with van der Waals surface area (Å²) in [7, 11) is -1.09. The molecule has 2 aromatic rings. The number of hydrogen-bond donors (Lipinski definition) is 0. The molecule has 0 bridgehead atoms. The maximum atomic E-state index is 14.7. The summed E-state index contributed by atoms with van der Waals surface area (Å²) in [6.45, 7) is 11.8. The van der Waals surface area contributed by atoms with Gasteiger partial charge in [0.15, 0.2) is 0 Å². The smallest absolute Gasteiger partial charge is 0.489 e. The van der Waals surface area contributed by atoms with Crippen LogP contribution in [0.2, 0.25) is 0 Å². The molecule has 3 nitrogen and oxygen atoms in total. The van der Waals surface area contributed by atoms with Gasteiger partial charge >= 0.3 is 7.12 Å². The second-order valence-corrected chi connectivity index (χ2v) is 8.57. The fraction of sp³-hybridized carbons (Fsp3) is 0.455. The highest BCUT2D eigenvalue weighted by Crippen LogP contribution is 2.37. The van der Waals surface area contributed by atoms with E-state index in [-0.39, 0.29) is 17.8 Å². The summed E-state index contributed by atoms with van der Waals surface area (Å²) in [5.41, 5.74) is 0.585. The van der Waals surface area contributed by atoms with E-state index < -0.39 is 30.0 Å². The van der Waals surface area contributed by atoms with Crippen molar-refractivity contribution in [3.8, 4) is 5.75 Å². The Morgan fingerprint density at radius 2 is 1.43 bits per heavy atom. The Bertz CT molecular complexity index is 808. The van der Waals surface area contributed by atoms with Crippen molar-refractivity contribution in [3.05, 3.63) is 59.2 Å². The van der Waals surface area contributed by atoms with Gasteiger partial charge in [-0.1, -0.05) is 38.1 Å². The minimum Gasteiger partial charge on any atom is -0.489 e. The highest BCUT2D eigenvalue weighted by molar-refractivity contribution is 6.62. The maximum Gasteiger partial charge on any atom is 0.500 e. The van der Waals surface area contributed by atoms with Crippen molar-refractivity contribution < 1.29 is 22.8 Å². The number of halogens is 2. The highest BCUT2D eigenvalue weighted by atomic mass is 19.1. The van der Waals surface area contributed by atoms with Gasteiger partial charge in [-0.3, -0.25) is 0 Å². The molecule has 1 aliphatic rings. The fourth-order valence-corrected chi connectivity index (χ4v) is 3.00. The molecule has 0 spiro atoms. The first-order valence-corrected chi connectivity index (χ1v) is 9.56. The lowest BCUT2D eigenvalue weighted by Crippen LogP contribution is -2.41. The monoisotopic (exact) mass is 388 g/mol. The van der Waals surface area contributed by atoms with Crippen LogP contribution in [-0.2, 0) is 15.9 Å². The molecule has 0 saturated carbocycles. The van der Waals surface area contributed by atoms with Crippen LogP contribution in [0.1, 0.15) is 58.6 Å². The summed E-state index contributed by atoms with van der Waals surface area (Å²) >= 11 is 0. The third-order valence-corrected chi connectivity index (χ3v) is 5.59. The molecule has 1 aliphatic heterocycles. The zero-order valence-corrected chi connectivity index (χ0v) is 17.3. The average molecular weight is 388 g/mol. The lowest BCUT2D eigenvalue weighted by molar-refractivity contribution is 0.00578. The van der Waals surface area contributed by atoms with Gasteiger partial charge in [0.1, 0.15) is 24.0 Å². The standard InChI is InChI=1S/C22H27BF2O3/c1-14(2)16-9-7-15(8-10-16)13-26-17-11-18(24)20(19(25)12-17)23-27-21(3,4)22(5,6)28-23/h7-12,14H,13H2,1-6H3. The quantitative estimate of drug-likeness (QED) is 0.678. The van der Waals surface area contributed by atoms with E-state index in [1.807, 2.05) is 52.0 Å². The van der Waals surface area contributed by atoms with Crippen LogP contribution in [-0.4, -0.2) is 18.3 Å². The summed E-state index contributed by atoms with van der Waals surface area (Å²) in [5.74, 6) is -0.920. The van der Waals surface area contributed by atoms with Gasteiger partial charge in [-0.05, 0) is 44.7 Å². The van der Waals surface area contributed by atoms with Gasteiger partial charge in [0.2, 0.25) is 0 Å². The summed E-state index contributed by atoms with van der Waals surface area (Å²) in [4.78, 5) is 0. The second-order valence-electron chi connectivity index (χ2n) is 8.57. The highest BCUT2D eigenvalue weighted by Gasteiger charge is 2.53. The molecule has 1 fully saturated rings. The van der Waals surface area contributed by atoms with Crippen LogP contribution >= 0.6 is 0 Å². The molecule has 0 radical (unpaired) electrons. The number of ether oxygens (including phenoxy) is 1. The Kier molecular flexibility index (Phi) is 5.56. The van der Waals surface area contributed by atoms with Gasteiger partial charge in [-0.25, -0.2) is 8.78 Å². The van der Waals surface area contributed by atoms with Gasteiger partial charge in [0, 0.05) is 12.1 Å². The molecule has 0 aliphatic carbocycles. The molecule has 2 aromatic carbocycles. The summed E-state index contributed by atoms with van der Waals surface area (Å²) < 4.78 is 46.4. The van der Waals surface area contributed by atoms with E-state index in [1.54, 1.807) is 0 Å². The minimum absolute atomic E-state index is 0.128. The zero-order valence-electron chi connectivity index (χ0n) is 17.3. The largest absolute Gasteiger partial charge is 0.500 e. The van der Waals surface area contributed by atoms with E-state index in [2.05, 4.69) is 13.8 Å². The molecule has 0 amide bonds. The molecule has 0 N–H and O–H groups in total. The van der Waals surface area contributed by atoms with Crippen LogP contribution in [0.5, 0.6) is 5.75 Å². The van der Waals surface area contributed by atoms with Crippen molar-refractivity contribution in [2.75, 3.05) is 0 Å². The molecular weight excluding hydrogens is 361 g/mol. The van der Waals surface area contributed by atoms with Crippen LogP contribution in [0, 0.1) is 11.6 Å². The molecule has 6 heteroatoms. The topological polar surface area (TPSA) is 27.7 Å². The van der Waals surface area contributed by atoms with E-state index in [1.165, 1.54) is 17.7 Å². The Morgan fingerprint density at radius 3 is 1.89 bits per heavy atom. The maximum absolute atomic E-state index is 14.7. The molecule has 0 unspecified atom stereocenters. The van der Waals surface area contributed by atoms with Crippen molar-refractivity contribution in [1.82, 2.24) is 0 Å². The molecule has 150 valence electrons. The molecular formula is C22H27BF2O3. The summed E-state index contributed by atoms with van der Waals surface area (Å²) in [6.07, 6.45) is 0. The Morgan fingerprint density at radius 1 is 0.929 bits per heavy atom. The van der Waals surface area contributed by atoms with Crippen molar-refractivity contribution in [2.45, 2.75) is 65.3 Å². The van der Waals surface area contributed by atoms with E-state index in [9.17, 15) is 8.78 Å². The third-order valence-electron chi connectivity index (χ3n) is 5.59. The number of rotatable bonds is 5. The molecule has 3 rings (SSSR count). The van der Waals surface area contributed by atoms with E-state index in [0.717, 1.165) is 5.56 Å². The Hall–Kier alpha value is -1.92. The fourth-order valence-electron chi connectivity index (χ4n) is 3.00. The van der Waals surface area contributed by atoms with Crippen LogP contribution < -0.4 is 10.2 Å². The normalized spacial score (nSPS) is 18.0. The molecule has 0 aromatic heterocycles. The van der Waals surface area contributed by atoms with E-state index in [0.29, 0.717) is 5.92 Å². The number of hydrogen-bond acceptors (Lipinski definition) is 3. The van der Waals surface area contributed by atoms with Crippen molar-refractivity contribution in [3.63, 3.8) is 0 Å². The first-order chi connectivity index (χ1) is 13.0. The zero-order chi connectivity index (χ0) is 20.7. The SMILES string of the molecule is CC(C)c1ccc(COc2cc(F)c(B3OC(C)(C)C(C)(C)O3)c(F)c2)cc1. The Balaban J connectivity index is 1.74. The van der Waals surface area contributed by atoms with Gasteiger partial charge < -0.3 is 14.0 Å². The lowest BCUT2D eigenvalue weighted by Gasteiger charge is -2.32. The van der Waals surface area contributed by atoms with Crippen molar-refractivity contribution >= 4 is 12.6 Å². The van der Waals surface area contributed by atoms with Crippen molar-refractivity contribution in [1.29, 1.82) is 0 Å². The molecule has 0 atom stereocenters. The third kappa shape index (κ3) is 4.08. The van der Waals surface area contributed by atoms with Crippen LogP contribution in [0.15, 0.2) is 36.4 Å². The molecule has 1 saturated heterocycles. The van der Waals surface area contributed by atoms with Crippen LogP contribution in [0.4, 0.5) is 8.78 Å². The summed E-state index contributed by atoms with van der Waals surface area (Å²) in [6, 6.07) is 10.3. The Labute approximate surface area is 166 Å². The average Bonchev–Trinajstić information content (AvgIpc) is 2.80. The molecule has 28 heavy (non-hydrogen) atoms. The first-order valence-electron chi connectivity index (χ1n) is 9.56. The predicted octanol–water partition coefficient (Wildman–Crippen LogP) is 4.97. The minimum atomic E-state index is -1.09. The van der Waals surface area contributed by atoms with Crippen molar-refractivity contribution in [2.24, 2.45) is 0 Å². The van der Waals surface area contributed by atoms with Crippen LogP contribution in [0.25, 0.3) is 0 Å². The van der Waals surface area contributed by atoms with Crippen LogP contribution in [0.3, 0.4) is 0 Å². The predicted molar refractivity (Wildman–Crippen MR) is 107 cm³/mol. The first kappa shape index (κ1) is 20.8. The lowest BCUT2D eigenvalue weighted by atomic mass is 9.78. The van der Waals surface area contributed by atoms with Gasteiger partial charge in [-0.2, -0.15) is 0 Å². The summed E-state index contributed by atoms with van der Waals surface area (Å²) in [5, 5.41) is 0. The van der Waals surface area contributed by atoms with E-state index >= 15 is 0 Å². The molecule has 1 heterocycles. The second kappa shape index (κ2) is 7.49. The van der Waals surface area contributed by atoms with E-state index in [4.69, 9.17) is 14.0 Å². The number of benzene rings is 2. The van der Waals surface area contributed by atoms with Gasteiger partial charge in [0.25, 0.3) is 0 Å². The van der Waals surface area contributed by atoms with Gasteiger partial charge in [0.05, 0.1) is 16.7 Å². The van der Waals surface area contributed by atoms with Gasteiger partial charge in [-0.15, -0.1) is 0 Å².